The van der Waals surface area contributed by atoms with Crippen molar-refractivity contribution in [3.8, 4) is 0 Å². The second kappa shape index (κ2) is 8.92. The van der Waals surface area contributed by atoms with Crippen LogP contribution in [0.3, 0.4) is 0 Å². The Hall–Kier alpha value is -1.12. The van der Waals surface area contributed by atoms with Gasteiger partial charge in [-0.3, -0.25) is 4.90 Å². The number of thiophene rings is 1. The van der Waals surface area contributed by atoms with E-state index in [2.05, 4.69) is 17.9 Å². The molecule has 4 N–H and O–H groups in total. The zero-order valence-corrected chi connectivity index (χ0v) is 17.7. The largest absolute Gasteiger partial charge is 0.400 e. The van der Waals surface area contributed by atoms with Crippen LogP contribution < -0.4 is 11.6 Å². The molecule has 1 saturated heterocycles. The number of nitrogens with two attached hydrogens (primary N) is 2. The number of hydrazine groups is 1. The Bertz CT molecular complexity index is 652. The first-order chi connectivity index (χ1) is 13.0. The van der Waals surface area contributed by atoms with Gasteiger partial charge in [0, 0.05) is 54.8 Å². The van der Waals surface area contributed by atoms with Gasteiger partial charge in [-0.05, 0) is 37.8 Å². The Balaban J connectivity index is 1.59. The monoisotopic (exact) mass is 394 g/mol. The molecule has 152 valence electrons. The highest BCUT2D eigenvalue weighted by Crippen LogP contribution is 2.44. The van der Waals surface area contributed by atoms with Crippen LogP contribution in [-0.4, -0.2) is 55.9 Å². The summed E-state index contributed by atoms with van der Waals surface area (Å²) in [4.78, 5) is 5.42. The lowest BCUT2D eigenvalue weighted by Crippen LogP contribution is -2.47. The molecule has 1 atom stereocenters. The van der Waals surface area contributed by atoms with Gasteiger partial charge in [0.2, 0.25) is 0 Å². The second-order valence-corrected chi connectivity index (χ2v) is 8.95. The number of ether oxygens (including phenoxy) is 2. The average molecular weight is 395 g/mol. The Morgan fingerprint density at radius 3 is 2.89 bits per heavy atom. The lowest BCUT2D eigenvalue weighted by atomic mass is 9.82. The number of likely N-dealkylation sites (tertiary alicyclic amines) is 1. The van der Waals surface area contributed by atoms with Gasteiger partial charge in [-0.15, -0.1) is 11.3 Å². The normalized spacial score (nSPS) is 21.3. The molecule has 3 heterocycles. The van der Waals surface area contributed by atoms with E-state index in [1.54, 1.807) is 12.1 Å². The SMILES string of the molecule is CCc1cc2c(s1)CCOC21CCN(C/C(N)=C/N(N)C(C)COC)CC1. The molecule has 1 aromatic heterocycles. The van der Waals surface area contributed by atoms with Crippen molar-refractivity contribution in [3.63, 3.8) is 0 Å². The third-order valence-corrected chi connectivity index (χ3v) is 7.05. The van der Waals surface area contributed by atoms with Crippen LogP contribution in [0.4, 0.5) is 0 Å². The third kappa shape index (κ3) is 4.66. The van der Waals surface area contributed by atoms with E-state index < -0.39 is 0 Å². The Kier molecular flexibility index (Phi) is 6.81. The predicted molar refractivity (Wildman–Crippen MR) is 110 cm³/mol. The summed E-state index contributed by atoms with van der Waals surface area (Å²) in [6, 6.07) is 2.49. The van der Waals surface area contributed by atoms with Crippen molar-refractivity contribution in [2.24, 2.45) is 11.6 Å². The van der Waals surface area contributed by atoms with Crippen LogP contribution in [0.2, 0.25) is 0 Å². The van der Waals surface area contributed by atoms with Gasteiger partial charge in [-0.2, -0.15) is 0 Å². The molecule has 0 radical (unpaired) electrons. The molecule has 0 aliphatic carbocycles. The van der Waals surface area contributed by atoms with E-state index in [9.17, 15) is 0 Å². The zero-order valence-electron chi connectivity index (χ0n) is 16.9. The smallest absolute Gasteiger partial charge is 0.0966 e. The van der Waals surface area contributed by atoms with Gasteiger partial charge in [0.25, 0.3) is 0 Å². The lowest BCUT2D eigenvalue weighted by Gasteiger charge is -2.44. The third-order valence-electron chi connectivity index (χ3n) is 5.71. The van der Waals surface area contributed by atoms with Crippen molar-refractivity contribution in [1.82, 2.24) is 9.91 Å². The van der Waals surface area contributed by atoms with Crippen molar-refractivity contribution >= 4 is 11.3 Å². The molecule has 0 aromatic carbocycles. The maximum absolute atomic E-state index is 6.36. The number of nitrogens with zero attached hydrogens (tertiary/aromatic N) is 2. The van der Waals surface area contributed by atoms with Crippen molar-refractivity contribution in [3.05, 3.63) is 33.3 Å². The lowest BCUT2D eigenvalue weighted by molar-refractivity contribution is -0.0961. The van der Waals surface area contributed by atoms with E-state index in [1.165, 1.54) is 15.3 Å². The first kappa shape index (κ1) is 20.6. The van der Waals surface area contributed by atoms with Gasteiger partial charge in [-0.25, -0.2) is 5.84 Å². The Labute approximate surface area is 167 Å². The summed E-state index contributed by atoms with van der Waals surface area (Å²) in [5.41, 5.74) is 8.39. The van der Waals surface area contributed by atoms with Crippen LogP contribution in [0.5, 0.6) is 0 Å². The van der Waals surface area contributed by atoms with Crippen molar-refractivity contribution < 1.29 is 9.47 Å². The molecular weight excluding hydrogens is 360 g/mol. The van der Waals surface area contributed by atoms with Crippen molar-refractivity contribution in [1.29, 1.82) is 0 Å². The minimum absolute atomic E-state index is 0.0840. The van der Waals surface area contributed by atoms with Crippen LogP contribution in [-0.2, 0) is 27.9 Å². The average Bonchev–Trinajstić information content (AvgIpc) is 3.09. The molecule has 7 heteroatoms. The zero-order chi connectivity index (χ0) is 19.4. The Morgan fingerprint density at radius 1 is 1.48 bits per heavy atom. The minimum Gasteiger partial charge on any atom is -0.400 e. The number of aryl methyl sites for hydroxylation is 1. The van der Waals surface area contributed by atoms with Crippen LogP contribution >= 0.6 is 11.3 Å². The van der Waals surface area contributed by atoms with E-state index in [0.717, 1.165) is 57.6 Å². The predicted octanol–water partition coefficient (Wildman–Crippen LogP) is 2.18. The summed E-state index contributed by atoms with van der Waals surface area (Å²) in [6.07, 6.45) is 6.06. The number of hydrogen-bond donors (Lipinski definition) is 2. The molecule has 2 aliphatic rings. The second-order valence-electron chi connectivity index (χ2n) is 7.73. The number of methoxy groups -OCH3 is 1. The fourth-order valence-electron chi connectivity index (χ4n) is 4.08. The number of piperidine rings is 1. The van der Waals surface area contributed by atoms with E-state index in [4.69, 9.17) is 21.1 Å². The summed E-state index contributed by atoms with van der Waals surface area (Å²) < 4.78 is 11.5. The molecule has 1 aromatic rings. The van der Waals surface area contributed by atoms with Crippen molar-refractivity contribution in [2.45, 2.75) is 51.2 Å². The van der Waals surface area contributed by atoms with Gasteiger partial charge in [-0.1, -0.05) is 6.92 Å². The highest BCUT2D eigenvalue weighted by molar-refractivity contribution is 7.12. The van der Waals surface area contributed by atoms with Gasteiger partial charge < -0.3 is 20.2 Å². The number of fused-ring (bicyclic) bond motifs is 2. The van der Waals surface area contributed by atoms with E-state index in [-0.39, 0.29) is 11.6 Å². The molecule has 0 saturated carbocycles. The van der Waals surface area contributed by atoms with Gasteiger partial charge in [0.15, 0.2) is 0 Å². The molecule has 0 amide bonds. The van der Waals surface area contributed by atoms with Gasteiger partial charge in [0.05, 0.1) is 24.9 Å². The molecule has 1 spiro atoms. The molecular formula is C20H34N4O2S. The highest BCUT2D eigenvalue weighted by Gasteiger charge is 2.41. The van der Waals surface area contributed by atoms with Crippen molar-refractivity contribution in [2.75, 3.05) is 40.0 Å². The summed E-state index contributed by atoms with van der Waals surface area (Å²) in [5, 5.41) is 1.64. The van der Waals surface area contributed by atoms with E-state index in [1.807, 2.05) is 24.5 Å². The number of hydrogen-bond acceptors (Lipinski definition) is 7. The minimum atomic E-state index is -0.0840. The van der Waals surface area contributed by atoms with Crippen LogP contribution in [0.15, 0.2) is 18.0 Å². The fourth-order valence-corrected chi connectivity index (χ4v) is 5.26. The number of rotatable bonds is 7. The maximum Gasteiger partial charge on any atom is 0.0966 e. The molecule has 1 fully saturated rings. The highest BCUT2D eigenvalue weighted by atomic mass is 32.1. The first-order valence-corrected chi connectivity index (χ1v) is 10.8. The Morgan fingerprint density at radius 2 is 2.22 bits per heavy atom. The molecule has 0 bridgehead atoms. The van der Waals surface area contributed by atoms with Gasteiger partial charge >= 0.3 is 0 Å². The molecule has 3 rings (SSSR count). The maximum atomic E-state index is 6.36. The summed E-state index contributed by atoms with van der Waals surface area (Å²) in [6.45, 7) is 8.38. The van der Waals surface area contributed by atoms with Crippen LogP contribution in [0.25, 0.3) is 0 Å². The summed E-state index contributed by atoms with van der Waals surface area (Å²) in [5.74, 6) is 6.05. The van der Waals surface area contributed by atoms with E-state index in [0.29, 0.717) is 6.61 Å². The standard InChI is InChI=1S/C20H34N4O2S/c1-4-17-11-18-19(27-17)5-10-26-20(18)6-8-23(9-7-20)12-16(21)13-24(22)15(2)14-25-3/h11,13,15H,4-10,12,14,21-22H2,1-3H3/b16-13-. The molecule has 1 unspecified atom stereocenters. The van der Waals surface area contributed by atoms with Crippen LogP contribution in [0.1, 0.15) is 42.0 Å². The van der Waals surface area contributed by atoms with Gasteiger partial charge in [0.1, 0.15) is 0 Å². The quantitative estimate of drug-likeness (QED) is 0.545. The topological polar surface area (TPSA) is 77.0 Å². The van der Waals surface area contributed by atoms with E-state index >= 15 is 0 Å². The fraction of sp³-hybridized carbons (Fsp3) is 0.700. The summed E-state index contributed by atoms with van der Waals surface area (Å²) >= 11 is 1.98. The first-order valence-electron chi connectivity index (χ1n) is 9.94. The molecule has 6 nitrogen and oxygen atoms in total. The summed E-state index contributed by atoms with van der Waals surface area (Å²) in [7, 11) is 1.68. The molecule has 27 heavy (non-hydrogen) atoms. The van der Waals surface area contributed by atoms with Crippen LogP contribution in [0, 0.1) is 0 Å². The molecule has 2 aliphatic heterocycles.